The Hall–Kier alpha value is -7.02. The summed E-state index contributed by atoms with van der Waals surface area (Å²) in [5, 5.41) is 66.8. The number of hydrogen-bond donors (Lipinski definition) is 10. The Morgan fingerprint density at radius 2 is 1.68 bits per heavy atom. The Kier molecular flexibility index (Phi) is 17.4. The van der Waals surface area contributed by atoms with Crippen LogP contribution < -0.4 is 31.7 Å². The molecular formula is C51H62N6O17. The number of aliphatic hydroxyl groups excluding tert-OH is 2. The molecular weight excluding hydrogens is 969 g/mol. The summed E-state index contributed by atoms with van der Waals surface area (Å²) in [6, 6.07) is 8.81. The Morgan fingerprint density at radius 1 is 0.946 bits per heavy atom. The number of ketones is 3. The third-order valence-electron chi connectivity index (χ3n) is 13.9. The van der Waals surface area contributed by atoms with Gasteiger partial charge in [0.1, 0.15) is 60.3 Å². The second-order valence-corrected chi connectivity index (χ2v) is 18.8. The number of nitrogens with two attached hydrogens (primary N) is 1. The first kappa shape index (κ1) is 54.7. The molecule has 2 saturated heterocycles. The summed E-state index contributed by atoms with van der Waals surface area (Å²) in [5.74, 6) is -7.02. The number of likely N-dealkylation sites (tertiary alicyclic amines) is 1. The molecule has 2 aliphatic heterocycles. The number of Topliss-reactive ketones (excluding diaryl/α,β-unsaturated/α-hetero) is 1. The number of nitrogens with zero attached hydrogens (tertiary/aromatic N) is 1. The zero-order valence-electron chi connectivity index (χ0n) is 41.1. The molecule has 0 unspecified atom stereocenters. The van der Waals surface area contributed by atoms with Gasteiger partial charge in [0.15, 0.2) is 17.9 Å². The predicted molar refractivity (Wildman–Crippen MR) is 258 cm³/mol. The number of unbranched alkanes of at least 4 members (excludes halogenated alkanes) is 1. The number of ether oxygens (including phenoxy) is 4. The molecule has 2 heterocycles. The van der Waals surface area contributed by atoms with Gasteiger partial charge in [-0.05, 0) is 64.1 Å². The quantitative estimate of drug-likeness (QED) is 0.0443. The number of rotatable bonds is 19. The molecule has 0 saturated carbocycles. The molecule has 3 aromatic rings. The smallest absolute Gasteiger partial charge is 0.408 e. The van der Waals surface area contributed by atoms with E-state index in [2.05, 4.69) is 21.3 Å². The van der Waals surface area contributed by atoms with Crippen LogP contribution in [0.15, 0.2) is 48.5 Å². The second kappa shape index (κ2) is 23.5. The molecule has 11 N–H and O–H groups in total. The molecule has 3 aromatic carbocycles. The van der Waals surface area contributed by atoms with Crippen molar-refractivity contribution >= 4 is 47.1 Å². The van der Waals surface area contributed by atoms with Crippen molar-refractivity contribution in [3.05, 3.63) is 87.5 Å². The molecule has 7 rings (SSSR count). The standard InChI is InChI=1S/C51H62N6O17/c1-25(54-48(67)30(14-7-8-17-52)56-50(69)72-24-27-11-5-4-6-12-27)47(66)53-22-36(60)57-18-10-15-32(57)49(68)55-31-19-37(73-26(2)42(31)61)74-34-21-51(70,35(59)23-58)20-29-39(34)46(65)41-40(44(29)63)43(62)28-13-9-16-33(71-3)38(28)45(41)64/h4-6,9,11-13,16,25-26,30-32,34,37,42,58,61,63,65,70H,7-8,10,14-15,17-24,52H2,1-3H3,(H,53,66)(H,54,67)(H,55,68)(H,56,69)/t25-,26-,30-,31-,32-,34-,37+,42+,51-/m0/s1. The van der Waals surface area contributed by atoms with Crippen LogP contribution in [0.2, 0.25) is 0 Å². The largest absolute Gasteiger partial charge is 0.507 e. The fourth-order valence-corrected chi connectivity index (χ4v) is 9.94. The number of carbonyl (C=O) groups is 8. The monoisotopic (exact) mass is 1030 g/mol. The van der Waals surface area contributed by atoms with E-state index in [0.717, 1.165) is 5.56 Å². The lowest BCUT2D eigenvalue weighted by Gasteiger charge is -2.43. The van der Waals surface area contributed by atoms with Crippen molar-refractivity contribution in [3.63, 3.8) is 0 Å². The van der Waals surface area contributed by atoms with E-state index in [4.69, 9.17) is 24.7 Å². The summed E-state index contributed by atoms with van der Waals surface area (Å²) < 4.78 is 22.9. The highest BCUT2D eigenvalue weighted by Gasteiger charge is 2.51. The van der Waals surface area contributed by atoms with Crippen molar-refractivity contribution in [1.82, 2.24) is 26.2 Å². The molecule has 0 aromatic heterocycles. The Balaban J connectivity index is 0.996. The molecule has 2 aliphatic carbocycles. The van der Waals surface area contributed by atoms with Gasteiger partial charge < -0.3 is 76.4 Å². The molecule has 9 atom stereocenters. The average Bonchev–Trinajstić information content (AvgIpc) is 3.89. The summed E-state index contributed by atoms with van der Waals surface area (Å²) in [4.78, 5) is 109. The predicted octanol–water partition coefficient (Wildman–Crippen LogP) is 0.195. The number of aromatic hydroxyl groups is 2. The SMILES string of the molecule is COc1cccc2c1C(=O)c1c(O)c3c(c(O)c1C2=O)C[C@@](O)(C(=O)CO)C[C@@H]3O[C@@H]1C[C@H](NC(=O)[C@@H]2CCCN2C(=O)CNC(=O)[C@H](C)NC(=O)[C@H](CCCCN)NC(=O)OCc2ccccc2)[C@H](O)[C@H](C)O1. The molecule has 4 aliphatic rings. The van der Waals surface area contributed by atoms with Gasteiger partial charge in [-0.25, -0.2) is 4.79 Å². The minimum atomic E-state index is -2.42. The van der Waals surface area contributed by atoms with Gasteiger partial charge in [-0.15, -0.1) is 0 Å². The van der Waals surface area contributed by atoms with Crippen LogP contribution in [0, 0.1) is 0 Å². The number of phenols is 2. The van der Waals surface area contributed by atoms with E-state index in [1.165, 1.54) is 44.1 Å². The average molecular weight is 1030 g/mol. The van der Waals surface area contributed by atoms with Crippen LogP contribution in [0.3, 0.4) is 0 Å². The van der Waals surface area contributed by atoms with E-state index in [1.54, 1.807) is 24.3 Å². The van der Waals surface area contributed by atoms with Crippen LogP contribution in [0.5, 0.6) is 17.2 Å². The lowest BCUT2D eigenvalue weighted by Crippen LogP contribution is -2.59. The molecule has 74 heavy (non-hydrogen) atoms. The van der Waals surface area contributed by atoms with Gasteiger partial charge in [0, 0.05) is 42.5 Å². The fourth-order valence-electron chi connectivity index (χ4n) is 9.94. The lowest BCUT2D eigenvalue weighted by atomic mass is 9.72. The first-order valence-corrected chi connectivity index (χ1v) is 24.4. The van der Waals surface area contributed by atoms with Crippen molar-refractivity contribution in [1.29, 1.82) is 0 Å². The van der Waals surface area contributed by atoms with E-state index in [0.29, 0.717) is 25.8 Å². The van der Waals surface area contributed by atoms with Crippen LogP contribution in [-0.4, -0.2) is 159 Å². The number of carbonyl (C=O) groups excluding carboxylic acids is 8. The molecule has 2 fully saturated rings. The van der Waals surface area contributed by atoms with E-state index in [9.17, 15) is 63.9 Å². The van der Waals surface area contributed by atoms with Crippen LogP contribution in [0.25, 0.3) is 0 Å². The summed E-state index contributed by atoms with van der Waals surface area (Å²) in [6.45, 7) is 1.68. The number of alkyl carbamates (subject to hydrolysis) is 1. The first-order chi connectivity index (χ1) is 35.3. The number of hydrogen-bond acceptors (Lipinski definition) is 18. The molecule has 23 nitrogen and oxygen atoms in total. The fraction of sp³-hybridized carbons (Fsp3) is 0.490. The maximum atomic E-state index is 14.1. The summed E-state index contributed by atoms with van der Waals surface area (Å²) >= 11 is 0. The van der Waals surface area contributed by atoms with Crippen LogP contribution in [0.4, 0.5) is 4.79 Å². The highest BCUT2D eigenvalue weighted by Crippen LogP contribution is 2.52. The topological polar surface area (TPSA) is 352 Å². The second-order valence-electron chi connectivity index (χ2n) is 18.8. The van der Waals surface area contributed by atoms with Gasteiger partial charge in [0.25, 0.3) is 0 Å². The van der Waals surface area contributed by atoms with Crippen LogP contribution >= 0.6 is 0 Å². The Labute approximate surface area is 425 Å². The molecule has 23 heteroatoms. The van der Waals surface area contributed by atoms with E-state index >= 15 is 0 Å². The highest BCUT2D eigenvalue weighted by molar-refractivity contribution is 6.31. The molecule has 0 spiro atoms. The minimum absolute atomic E-state index is 0.0229. The normalized spacial score (nSPS) is 23.8. The van der Waals surface area contributed by atoms with Crippen LogP contribution in [0.1, 0.15) is 113 Å². The summed E-state index contributed by atoms with van der Waals surface area (Å²) in [7, 11) is 1.28. The molecule has 5 amide bonds. The van der Waals surface area contributed by atoms with Gasteiger partial charge in [-0.2, -0.15) is 0 Å². The third-order valence-corrected chi connectivity index (χ3v) is 13.9. The number of fused-ring (bicyclic) bond motifs is 3. The maximum Gasteiger partial charge on any atom is 0.408 e. The first-order valence-electron chi connectivity index (χ1n) is 24.4. The molecule has 0 bridgehead atoms. The zero-order chi connectivity index (χ0) is 53.6. The van der Waals surface area contributed by atoms with Gasteiger partial charge in [0.05, 0.1) is 48.6 Å². The van der Waals surface area contributed by atoms with E-state index in [1.807, 2.05) is 6.07 Å². The van der Waals surface area contributed by atoms with E-state index in [-0.39, 0.29) is 60.4 Å². The van der Waals surface area contributed by atoms with Crippen molar-refractivity contribution in [2.24, 2.45) is 5.73 Å². The third kappa shape index (κ3) is 11.5. The number of methoxy groups -OCH3 is 1. The molecule has 0 radical (unpaired) electrons. The number of aliphatic hydroxyl groups is 3. The maximum absolute atomic E-state index is 14.1. The minimum Gasteiger partial charge on any atom is -0.507 e. The van der Waals surface area contributed by atoms with Gasteiger partial charge >= 0.3 is 6.09 Å². The van der Waals surface area contributed by atoms with Gasteiger partial charge in [-0.1, -0.05) is 42.5 Å². The lowest BCUT2D eigenvalue weighted by molar-refractivity contribution is -0.249. The van der Waals surface area contributed by atoms with Crippen molar-refractivity contribution in [3.8, 4) is 17.2 Å². The van der Waals surface area contributed by atoms with Crippen molar-refractivity contribution in [2.45, 2.75) is 126 Å². The van der Waals surface area contributed by atoms with Gasteiger partial charge in [-0.3, -0.25) is 33.6 Å². The van der Waals surface area contributed by atoms with Gasteiger partial charge in [0.2, 0.25) is 29.4 Å². The molecule has 398 valence electrons. The summed E-state index contributed by atoms with van der Waals surface area (Å²) in [5.41, 5.74) is 1.94. The Bertz CT molecular complexity index is 2670. The van der Waals surface area contributed by atoms with E-state index < -0.39 is 150 Å². The number of benzene rings is 3. The Morgan fingerprint density at radius 3 is 2.38 bits per heavy atom. The number of nitrogens with one attached hydrogen (secondary N) is 4. The zero-order valence-corrected chi connectivity index (χ0v) is 41.1. The highest BCUT2D eigenvalue weighted by atomic mass is 16.7. The number of phenolic OH excluding ortho intramolecular Hbond substituents is 2. The summed E-state index contributed by atoms with van der Waals surface area (Å²) in [6.07, 6.45) is -5.87. The van der Waals surface area contributed by atoms with Crippen molar-refractivity contribution < 1.29 is 82.8 Å². The van der Waals surface area contributed by atoms with Crippen LogP contribution in [-0.2, 0) is 51.2 Å². The van der Waals surface area contributed by atoms with Crippen molar-refractivity contribution in [2.75, 3.05) is 33.4 Å². The number of amides is 5.